The van der Waals surface area contributed by atoms with E-state index in [0.717, 1.165) is 0 Å². The largest absolute Gasteiger partial charge is 0.295 e. The molecule has 1 aromatic carbocycles. The van der Waals surface area contributed by atoms with Crippen molar-refractivity contribution < 1.29 is 4.79 Å². The second-order valence-corrected chi connectivity index (χ2v) is 2.47. The van der Waals surface area contributed by atoms with Gasteiger partial charge in [-0.1, -0.05) is 42.5 Å². The molecule has 1 heteroatoms. The van der Waals surface area contributed by atoms with Gasteiger partial charge in [-0.15, -0.1) is 0 Å². The molecule has 0 aromatic heterocycles. The van der Waals surface area contributed by atoms with Crippen LogP contribution in [0.5, 0.6) is 0 Å². The minimum Gasteiger partial charge on any atom is -0.295 e. The summed E-state index contributed by atoms with van der Waals surface area (Å²) in [7, 11) is 0. The average molecular weight is 162 g/mol. The summed E-state index contributed by atoms with van der Waals surface area (Å²) in [5.74, 6) is 0.0185. The molecule has 0 bridgehead atoms. The van der Waals surface area contributed by atoms with E-state index >= 15 is 0 Å². The summed E-state index contributed by atoms with van der Waals surface area (Å²) in [5, 5.41) is 0. The molecule has 0 unspecified atom stereocenters. The van der Waals surface area contributed by atoms with E-state index in [-0.39, 0.29) is 5.78 Å². The second-order valence-electron chi connectivity index (χ2n) is 2.47. The van der Waals surface area contributed by atoms with Crippen LogP contribution >= 0.6 is 0 Å². The Balaban J connectivity index is 0.000000217. The number of aryl methyl sites for hydroxylation is 1. The Morgan fingerprint density at radius 1 is 1.33 bits per heavy atom. The molecule has 0 saturated heterocycles. The molecular weight excluding hydrogens is 148 g/mol. The van der Waals surface area contributed by atoms with Crippen molar-refractivity contribution in [2.45, 2.75) is 13.8 Å². The SMILES string of the molecule is C=CC(C)=O.Cc1ccccc1. The number of benzene rings is 1. The third-order valence-electron chi connectivity index (χ3n) is 1.23. The van der Waals surface area contributed by atoms with Crippen molar-refractivity contribution in [1.82, 2.24) is 0 Å². The van der Waals surface area contributed by atoms with Crippen molar-refractivity contribution in [2.75, 3.05) is 0 Å². The van der Waals surface area contributed by atoms with E-state index in [0.29, 0.717) is 0 Å². The first-order valence-electron chi connectivity index (χ1n) is 3.81. The first kappa shape index (κ1) is 10.6. The Morgan fingerprint density at radius 3 is 1.92 bits per heavy atom. The van der Waals surface area contributed by atoms with Crippen molar-refractivity contribution in [3.8, 4) is 0 Å². The van der Waals surface area contributed by atoms with E-state index in [1.54, 1.807) is 0 Å². The van der Waals surface area contributed by atoms with E-state index in [4.69, 9.17) is 0 Å². The quantitative estimate of drug-likeness (QED) is 0.580. The zero-order valence-electron chi connectivity index (χ0n) is 7.58. The van der Waals surface area contributed by atoms with Crippen LogP contribution in [0.3, 0.4) is 0 Å². The van der Waals surface area contributed by atoms with Crippen LogP contribution in [-0.4, -0.2) is 5.78 Å². The first-order valence-corrected chi connectivity index (χ1v) is 3.81. The molecule has 0 aliphatic heterocycles. The number of carbonyl (C=O) groups excluding carboxylic acids is 1. The maximum absolute atomic E-state index is 9.69. The van der Waals surface area contributed by atoms with Gasteiger partial charge in [-0.3, -0.25) is 4.79 Å². The van der Waals surface area contributed by atoms with Gasteiger partial charge in [0.1, 0.15) is 0 Å². The molecule has 0 atom stereocenters. The number of hydrogen-bond acceptors (Lipinski definition) is 1. The van der Waals surface area contributed by atoms with Crippen LogP contribution in [0, 0.1) is 6.92 Å². The van der Waals surface area contributed by atoms with Crippen molar-refractivity contribution in [3.63, 3.8) is 0 Å². The Hall–Kier alpha value is -1.37. The highest BCUT2D eigenvalue weighted by Gasteiger charge is 1.72. The molecule has 0 N–H and O–H groups in total. The maximum Gasteiger partial charge on any atom is 0.152 e. The van der Waals surface area contributed by atoms with Crippen molar-refractivity contribution in [3.05, 3.63) is 48.6 Å². The minimum absolute atomic E-state index is 0.0185. The molecule has 1 nitrogen and oxygen atoms in total. The number of carbonyl (C=O) groups is 1. The molecule has 0 aliphatic rings. The van der Waals surface area contributed by atoms with Crippen molar-refractivity contribution in [1.29, 1.82) is 0 Å². The minimum atomic E-state index is 0.0185. The smallest absolute Gasteiger partial charge is 0.152 e. The molecule has 0 amide bonds. The lowest BCUT2D eigenvalue weighted by Crippen LogP contribution is -1.74. The zero-order chi connectivity index (χ0) is 9.40. The van der Waals surface area contributed by atoms with Gasteiger partial charge in [0.15, 0.2) is 5.78 Å². The van der Waals surface area contributed by atoms with Gasteiger partial charge in [-0.25, -0.2) is 0 Å². The zero-order valence-corrected chi connectivity index (χ0v) is 7.58. The lowest BCUT2D eigenvalue weighted by molar-refractivity contribution is -0.112. The number of allylic oxidation sites excluding steroid dienone is 1. The molecule has 0 heterocycles. The second kappa shape index (κ2) is 6.35. The predicted molar refractivity (Wildman–Crippen MR) is 52.1 cm³/mol. The van der Waals surface area contributed by atoms with Crippen molar-refractivity contribution in [2.24, 2.45) is 0 Å². The van der Waals surface area contributed by atoms with Crippen LogP contribution in [0.25, 0.3) is 0 Å². The highest BCUT2D eigenvalue weighted by molar-refractivity contribution is 5.86. The van der Waals surface area contributed by atoms with Crippen molar-refractivity contribution >= 4 is 5.78 Å². The third kappa shape index (κ3) is 6.75. The van der Waals surface area contributed by atoms with Crippen LogP contribution in [0.15, 0.2) is 43.0 Å². The molecule has 64 valence electrons. The topological polar surface area (TPSA) is 17.1 Å². The molecule has 12 heavy (non-hydrogen) atoms. The molecule has 0 aliphatic carbocycles. The monoisotopic (exact) mass is 162 g/mol. The molecule has 0 radical (unpaired) electrons. The van der Waals surface area contributed by atoms with Gasteiger partial charge in [0.25, 0.3) is 0 Å². The fraction of sp³-hybridized carbons (Fsp3) is 0.182. The van der Waals surface area contributed by atoms with Crippen LogP contribution in [0.1, 0.15) is 12.5 Å². The normalized spacial score (nSPS) is 7.83. The van der Waals surface area contributed by atoms with Crippen LogP contribution in [0.2, 0.25) is 0 Å². The number of ketones is 1. The van der Waals surface area contributed by atoms with Gasteiger partial charge in [0.2, 0.25) is 0 Å². The molecule has 1 rings (SSSR count). The maximum atomic E-state index is 9.69. The lowest BCUT2D eigenvalue weighted by atomic mass is 10.2. The summed E-state index contributed by atoms with van der Waals surface area (Å²) in [6, 6.07) is 10.3. The summed E-state index contributed by atoms with van der Waals surface area (Å²) in [6.07, 6.45) is 1.28. The summed E-state index contributed by atoms with van der Waals surface area (Å²) in [4.78, 5) is 9.69. The first-order chi connectivity index (χ1) is 5.66. The highest BCUT2D eigenvalue weighted by Crippen LogP contribution is 1.92. The molecule has 1 aromatic rings. The third-order valence-corrected chi connectivity index (χ3v) is 1.23. The van der Waals surface area contributed by atoms with Gasteiger partial charge in [-0.05, 0) is 19.9 Å². The average Bonchev–Trinajstić information content (AvgIpc) is 2.07. The van der Waals surface area contributed by atoms with E-state index < -0.39 is 0 Å². The summed E-state index contributed by atoms with van der Waals surface area (Å²) >= 11 is 0. The van der Waals surface area contributed by atoms with Crippen LogP contribution in [0.4, 0.5) is 0 Å². The van der Waals surface area contributed by atoms with Gasteiger partial charge < -0.3 is 0 Å². The van der Waals surface area contributed by atoms with E-state index in [1.807, 2.05) is 18.2 Å². The summed E-state index contributed by atoms with van der Waals surface area (Å²) in [5.41, 5.74) is 1.32. The number of rotatable bonds is 1. The standard InChI is InChI=1S/C7H8.C4H6O/c1-7-5-3-2-4-6-7;1-3-4(2)5/h2-6H,1H3;3H,1H2,2H3. The fourth-order valence-electron chi connectivity index (χ4n) is 0.534. The Labute approximate surface area is 73.7 Å². The van der Waals surface area contributed by atoms with Crippen LogP contribution < -0.4 is 0 Å². The molecular formula is C11H14O. The lowest BCUT2D eigenvalue weighted by Gasteiger charge is -1.82. The van der Waals surface area contributed by atoms with E-state index in [9.17, 15) is 4.79 Å². The summed E-state index contributed by atoms with van der Waals surface area (Å²) in [6.45, 7) is 6.76. The molecule has 0 spiro atoms. The van der Waals surface area contributed by atoms with Crippen LogP contribution in [-0.2, 0) is 4.79 Å². The van der Waals surface area contributed by atoms with Gasteiger partial charge in [0.05, 0.1) is 0 Å². The van der Waals surface area contributed by atoms with E-state index in [1.165, 1.54) is 18.6 Å². The Morgan fingerprint density at radius 2 is 1.75 bits per heavy atom. The number of hydrogen-bond donors (Lipinski definition) is 0. The van der Waals surface area contributed by atoms with E-state index in [2.05, 4.69) is 25.6 Å². The highest BCUT2D eigenvalue weighted by atomic mass is 16.1. The predicted octanol–water partition coefficient (Wildman–Crippen LogP) is 2.76. The molecule has 0 saturated carbocycles. The van der Waals surface area contributed by atoms with Gasteiger partial charge >= 0.3 is 0 Å². The molecule has 0 fully saturated rings. The Kier molecular flexibility index (Phi) is 5.62. The fourth-order valence-corrected chi connectivity index (χ4v) is 0.534. The Bertz CT molecular complexity index is 236. The van der Waals surface area contributed by atoms with Gasteiger partial charge in [0, 0.05) is 0 Å². The van der Waals surface area contributed by atoms with Gasteiger partial charge in [-0.2, -0.15) is 0 Å². The summed E-state index contributed by atoms with van der Waals surface area (Å²) < 4.78 is 0.